The Labute approximate surface area is 124 Å². The molecule has 0 saturated carbocycles. The van der Waals surface area contributed by atoms with Crippen molar-refractivity contribution >= 4 is 34.7 Å². The fraction of sp³-hybridized carbons (Fsp3) is 0.231. The summed E-state index contributed by atoms with van der Waals surface area (Å²) >= 11 is 0.766. The maximum absolute atomic E-state index is 11.6. The standard InChI is InChI=1S/C13H13N3O4S/c17-10(6-8-4-2-1-3-5-8)15-16-11(18)7-9-12(19)14-13(20)21-9/h1-5,9H,6-7H2,(H,15,17)(H,16,18)(H,14,19,20). The Hall–Kier alpha value is -2.35. The van der Waals surface area contributed by atoms with E-state index in [2.05, 4.69) is 16.2 Å². The van der Waals surface area contributed by atoms with Gasteiger partial charge in [-0.3, -0.25) is 35.3 Å². The molecule has 1 fully saturated rings. The van der Waals surface area contributed by atoms with Crippen molar-refractivity contribution in [3.8, 4) is 0 Å². The molecule has 8 heteroatoms. The molecule has 1 saturated heterocycles. The Morgan fingerprint density at radius 3 is 2.38 bits per heavy atom. The summed E-state index contributed by atoms with van der Waals surface area (Å²) in [6, 6.07) is 9.07. The molecule has 1 unspecified atom stereocenters. The first-order valence-electron chi connectivity index (χ1n) is 6.17. The average molecular weight is 307 g/mol. The number of hydrogen-bond acceptors (Lipinski definition) is 5. The first-order valence-corrected chi connectivity index (χ1v) is 7.05. The van der Waals surface area contributed by atoms with E-state index in [0.717, 1.165) is 17.3 Å². The molecule has 0 aromatic heterocycles. The van der Waals surface area contributed by atoms with Crippen LogP contribution in [0.2, 0.25) is 0 Å². The summed E-state index contributed by atoms with van der Waals surface area (Å²) in [6.45, 7) is 0. The molecule has 21 heavy (non-hydrogen) atoms. The minimum Gasteiger partial charge on any atom is -0.286 e. The van der Waals surface area contributed by atoms with Crippen LogP contribution in [0, 0.1) is 0 Å². The first-order chi connectivity index (χ1) is 10.0. The number of nitrogens with one attached hydrogen (secondary N) is 3. The smallest absolute Gasteiger partial charge is 0.286 e. The zero-order chi connectivity index (χ0) is 15.2. The van der Waals surface area contributed by atoms with Crippen LogP contribution in [-0.2, 0) is 20.8 Å². The van der Waals surface area contributed by atoms with Crippen molar-refractivity contribution < 1.29 is 19.2 Å². The highest BCUT2D eigenvalue weighted by atomic mass is 32.2. The lowest BCUT2D eigenvalue weighted by molar-refractivity contribution is -0.129. The lowest BCUT2D eigenvalue weighted by Gasteiger charge is -2.08. The van der Waals surface area contributed by atoms with Crippen molar-refractivity contribution in [3.63, 3.8) is 0 Å². The molecule has 110 valence electrons. The molecule has 1 aliphatic rings. The number of rotatable bonds is 4. The van der Waals surface area contributed by atoms with E-state index in [1.807, 2.05) is 18.2 Å². The minimum absolute atomic E-state index is 0.137. The van der Waals surface area contributed by atoms with Crippen LogP contribution in [-0.4, -0.2) is 28.2 Å². The van der Waals surface area contributed by atoms with Gasteiger partial charge in [0.1, 0.15) is 5.25 Å². The van der Waals surface area contributed by atoms with Gasteiger partial charge in [-0.05, 0) is 5.56 Å². The van der Waals surface area contributed by atoms with Crippen LogP contribution in [0.25, 0.3) is 0 Å². The average Bonchev–Trinajstić information content (AvgIpc) is 2.76. The Balaban J connectivity index is 1.72. The SMILES string of the molecule is O=C(Cc1ccccc1)NNC(=O)CC1SC(=O)NC1=O. The third-order valence-electron chi connectivity index (χ3n) is 2.69. The number of carbonyl (C=O) groups excluding carboxylic acids is 4. The predicted octanol–water partition coefficient (Wildman–Crippen LogP) is 0.118. The van der Waals surface area contributed by atoms with Gasteiger partial charge in [-0.15, -0.1) is 0 Å². The van der Waals surface area contributed by atoms with Crippen LogP contribution in [0.15, 0.2) is 30.3 Å². The molecule has 1 aromatic carbocycles. The Kier molecular flexibility index (Phi) is 4.94. The van der Waals surface area contributed by atoms with E-state index in [4.69, 9.17) is 0 Å². The molecule has 1 aliphatic heterocycles. The van der Waals surface area contributed by atoms with Gasteiger partial charge in [0.05, 0.1) is 6.42 Å². The predicted molar refractivity (Wildman–Crippen MR) is 76.0 cm³/mol. The monoisotopic (exact) mass is 307 g/mol. The van der Waals surface area contributed by atoms with E-state index >= 15 is 0 Å². The van der Waals surface area contributed by atoms with Crippen molar-refractivity contribution in [3.05, 3.63) is 35.9 Å². The fourth-order valence-corrected chi connectivity index (χ4v) is 2.53. The van der Waals surface area contributed by atoms with Crippen molar-refractivity contribution in [2.45, 2.75) is 18.1 Å². The van der Waals surface area contributed by atoms with Crippen molar-refractivity contribution in [1.29, 1.82) is 0 Å². The summed E-state index contributed by atoms with van der Waals surface area (Å²) in [4.78, 5) is 45.4. The summed E-state index contributed by atoms with van der Waals surface area (Å²) in [6.07, 6.45) is -0.0356. The second-order valence-electron chi connectivity index (χ2n) is 4.35. The molecule has 1 aromatic rings. The van der Waals surface area contributed by atoms with Crippen LogP contribution in [0.1, 0.15) is 12.0 Å². The van der Waals surface area contributed by atoms with E-state index in [1.165, 1.54) is 0 Å². The highest BCUT2D eigenvalue weighted by Gasteiger charge is 2.33. The topological polar surface area (TPSA) is 104 Å². The lowest BCUT2D eigenvalue weighted by atomic mass is 10.1. The Morgan fingerprint density at radius 1 is 1.10 bits per heavy atom. The molecule has 0 spiro atoms. The Bertz CT molecular complexity index is 576. The summed E-state index contributed by atoms with van der Waals surface area (Å²) in [7, 11) is 0. The molecular weight excluding hydrogens is 294 g/mol. The third-order valence-corrected chi connectivity index (χ3v) is 3.67. The summed E-state index contributed by atoms with van der Waals surface area (Å²) < 4.78 is 0. The van der Waals surface area contributed by atoms with Gasteiger partial charge in [-0.2, -0.15) is 0 Å². The first kappa shape index (κ1) is 15.0. The van der Waals surface area contributed by atoms with E-state index in [9.17, 15) is 19.2 Å². The largest absolute Gasteiger partial charge is 0.286 e. The quantitative estimate of drug-likeness (QED) is 0.685. The number of benzene rings is 1. The molecule has 1 heterocycles. The van der Waals surface area contributed by atoms with Gasteiger partial charge < -0.3 is 0 Å². The number of thioether (sulfide) groups is 1. The van der Waals surface area contributed by atoms with Gasteiger partial charge in [0.15, 0.2) is 0 Å². The molecule has 0 radical (unpaired) electrons. The molecular formula is C13H13N3O4S. The number of hydrogen-bond donors (Lipinski definition) is 3. The van der Waals surface area contributed by atoms with Gasteiger partial charge >= 0.3 is 0 Å². The van der Waals surface area contributed by atoms with Crippen LogP contribution in [0.4, 0.5) is 4.79 Å². The van der Waals surface area contributed by atoms with E-state index in [-0.39, 0.29) is 18.7 Å². The van der Waals surface area contributed by atoms with Gasteiger partial charge in [0.25, 0.3) is 5.24 Å². The van der Waals surface area contributed by atoms with E-state index < -0.39 is 22.3 Å². The van der Waals surface area contributed by atoms with Gasteiger partial charge in [-0.1, -0.05) is 42.1 Å². The second kappa shape index (κ2) is 6.89. The Morgan fingerprint density at radius 2 is 1.76 bits per heavy atom. The molecule has 7 nitrogen and oxygen atoms in total. The lowest BCUT2D eigenvalue weighted by Crippen LogP contribution is -2.43. The van der Waals surface area contributed by atoms with Gasteiger partial charge in [-0.25, -0.2) is 0 Å². The zero-order valence-electron chi connectivity index (χ0n) is 10.9. The number of carbonyl (C=O) groups is 4. The number of hydrazine groups is 1. The molecule has 1 atom stereocenters. The van der Waals surface area contributed by atoms with Gasteiger partial charge in [0, 0.05) is 6.42 Å². The molecule has 4 amide bonds. The summed E-state index contributed by atoms with van der Waals surface area (Å²) in [5.41, 5.74) is 5.31. The normalized spacial score (nSPS) is 17.2. The number of amides is 4. The van der Waals surface area contributed by atoms with Crippen LogP contribution in [0.5, 0.6) is 0 Å². The molecule has 2 rings (SSSR count). The summed E-state index contributed by atoms with van der Waals surface area (Å²) in [5.74, 6) is -1.39. The number of imide groups is 1. The van der Waals surface area contributed by atoms with Crippen molar-refractivity contribution in [2.75, 3.05) is 0 Å². The minimum atomic E-state index is -0.747. The van der Waals surface area contributed by atoms with E-state index in [1.54, 1.807) is 12.1 Å². The van der Waals surface area contributed by atoms with Crippen molar-refractivity contribution in [2.24, 2.45) is 0 Å². The molecule has 0 aliphatic carbocycles. The zero-order valence-corrected chi connectivity index (χ0v) is 11.7. The van der Waals surface area contributed by atoms with Crippen LogP contribution < -0.4 is 16.2 Å². The maximum Gasteiger partial charge on any atom is 0.286 e. The highest BCUT2D eigenvalue weighted by molar-refractivity contribution is 8.15. The van der Waals surface area contributed by atoms with Gasteiger partial charge in [0.2, 0.25) is 17.7 Å². The molecule has 0 bridgehead atoms. The third kappa shape index (κ3) is 4.60. The summed E-state index contributed by atoms with van der Waals surface area (Å²) in [5, 5.41) is 0.874. The van der Waals surface area contributed by atoms with E-state index in [0.29, 0.717) is 0 Å². The fourth-order valence-electron chi connectivity index (χ4n) is 1.71. The highest BCUT2D eigenvalue weighted by Crippen LogP contribution is 2.21. The van der Waals surface area contributed by atoms with Crippen molar-refractivity contribution in [1.82, 2.24) is 16.2 Å². The molecule has 3 N–H and O–H groups in total. The maximum atomic E-state index is 11.6. The van der Waals surface area contributed by atoms with Crippen LogP contribution >= 0.6 is 11.8 Å². The van der Waals surface area contributed by atoms with Crippen LogP contribution in [0.3, 0.4) is 0 Å². The second-order valence-corrected chi connectivity index (χ2v) is 5.52.